The molecule has 4 heteroatoms. The molecule has 0 amide bonds. The first-order valence-corrected chi connectivity index (χ1v) is 7.78. The van der Waals surface area contributed by atoms with Gasteiger partial charge in [0.2, 0.25) is 0 Å². The number of imidazole rings is 1. The van der Waals surface area contributed by atoms with Crippen LogP contribution in [0.25, 0.3) is 28.2 Å². The number of rotatable bonds is 2. The number of aromatic hydroxyl groups is 1. The highest BCUT2D eigenvalue weighted by Gasteiger charge is 2.29. The molecule has 4 rings (SSSR count). The van der Waals surface area contributed by atoms with Crippen LogP contribution in [0.2, 0.25) is 0 Å². The number of nitrogens with zero attached hydrogens (tertiary/aromatic N) is 3. The van der Waals surface area contributed by atoms with Gasteiger partial charge in [0.05, 0.1) is 7.05 Å². The maximum Gasteiger partial charge on any atom is 0.299 e. The molecule has 114 valence electrons. The fourth-order valence-electron chi connectivity index (χ4n) is 3.16. The number of aryl methyl sites for hydroxylation is 1. The van der Waals surface area contributed by atoms with Gasteiger partial charge in [0.25, 0.3) is 11.5 Å². The van der Waals surface area contributed by atoms with E-state index in [1.165, 1.54) is 0 Å². The predicted octanol–water partition coefficient (Wildman–Crippen LogP) is 3.42. The summed E-state index contributed by atoms with van der Waals surface area (Å²) in [5.41, 5.74) is 3.82. The van der Waals surface area contributed by atoms with Crippen molar-refractivity contribution in [2.24, 2.45) is 7.05 Å². The number of aromatic nitrogens is 3. The molecule has 1 aliphatic rings. The van der Waals surface area contributed by atoms with Crippen molar-refractivity contribution in [3.63, 3.8) is 0 Å². The molecular formula is C19H18N3O+. The minimum atomic E-state index is 0.271. The van der Waals surface area contributed by atoms with E-state index in [1.807, 2.05) is 31.3 Å². The SMILES string of the molecule is C[n+]1c(-c2ccccc2O)n(C2=CCCC=C2)c2ncccc21. The van der Waals surface area contributed by atoms with Crippen LogP contribution in [-0.4, -0.2) is 14.7 Å². The van der Waals surface area contributed by atoms with Crippen LogP contribution in [0.5, 0.6) is 5.75 Å². The Morgan fingerprint density at radius 1 is 1.13 bits per heavy atom. The molecule has 1 aromatic carbocycles. The normalized spacial score (nSPS) is 14.2. The molecule has 0 atom stereocenters. The number of fused-ring (bicyclic) bond motifs is 1. The minimum absolute atomic E-state index is 0.271. The van der Waals surface area contributed by atoms with Crippen LogP contribution in [0.4, 0.5) is 0 Å². The zero-order valence-electron chi connectivity index (χ0n) is 13.0. The molecule has 0 aliphatic heterocycles. The number of phenols is 1. The third-order valence-corrected chi connectivity index (χ3v) is 4.25. The van der Waals surface area contributed by atoms with E-state index >= 15 is 0 Å². The lowest BCUT2D eigenvalue weighted by molar-refractivity contribution is -0.633. The third kappa shape index (κ3) is 2.14. The molecule has 0 spiro atoms. The Balaban J connectivity index is 2.11. The number of pyridine rings is 1. The van der Waals surface area contributed by atoms with Gasteiger partial charge in [-0.05, 0) is 49.3 Å². The second kappa shape index (κ2) is 5.39. The first kappa shape index (κ1) is 13.8. The summed E-state index contributed by atoms with van der Waals surface area (Å²) in [7, 11) is 2.01. The molecule has 4 nitrogen and oxygen atoms in total. The van der Waals surface area contributed by atoms with Crippen molar-refractivity contribution in [1.82, 2.24) is 9.55 Å². The van der Waals surface area contributed by atoms with E-state index in [0.717, 1.165) is 41.1 Å². The van der Waals surface area contributed by atoms with Gasteiger partial charge >= 0.3 is 0 Å². The van der Waals surface area contributed by atoms with Gasteiger partial charge in [0, 0.05) is 6.20 Å². The van der Waals surface area contributed by atoms with Gasteiger partial charge in [-0.15, -0.1) is 0 Å². The van der Waals surface area contributed by atoms with E-state index in [0.29, 0.717) is 0 Å². The van der Waals surface area contributed by atoms with Gasteiger partial charge in [-0.2, -0.15) is 4.57 Å². The van der Waals surface area contributed by atoms with Crippen LogP contribution in [0.15, 0.2) is 60.8 Å². The van der Waals surface area contributed by atoms with E-state index in [2.05, 4.69) is 38.4 Å². The largest absolute Gasteiger partial charge is 0.507 e. The van der Waals surface area contributed by atoms with Gasteiger partial charge in [-0.25, -0.2) is 9.55 Å². The van der Waals surface area contributed by atoms with E-state index in [4.69, 9.17) is 0 Å². The van der Waals surface area contributed by atoms with Crippen molar-refractivity contribution < 1.29 is 9.67 Å². The third-order valence-electron chi connectivity index (χ3n) is 4.25. The van der Waals surface area contributed by atoms with Gasteiger partial charge < -0.3 is 5.11 Å². The maximum atomic E-state index is 10.4. The Morgan fingerprint density at radius 2 is 2.00 bits per heavy atom. The highest BCUT2D eigenvalue weighted by Crippen LogP contribution is 2.32. The molecule has 0 saturated carbocycles. The summed E-state index contributed by atoms with van der Waals surface area (Å²) >= 11 is 0. The van der Waals surface area contributed by atoms with Crippen LogP contribution in [-0.2, 0) is 7.05 Å². The fraction of sp³-hybridized carbons (Fsp3) is 0.158. The predicted molar refractivity (Wildman–Crippen MR) is 90.7 cm³/mol. The van der Waals surface area contributed by atoms with E-state index < -0.39 is 0 Å². The van der Waals surface area contributed by atoms with Crippen molar-refractivity contribution in [1.29, 1.82) is 0 Å². The van der Waals surface area contributed by atoms with Gasteiger partial charge in [-0.1, -0.05) is 18.2 Å². The smallest absolute Gasteiger partial charge is 0.299 e. The first-order chi connectivity index (χ1) is 11.3. The highest BCUT2D eigenvalue weighted by molar-refractivity contribution is 5.81. The molecule has 2 aromatic heterocycles. The first-order valence-electron chi connectivity index (χ1n) is 7.78. The average Bonchev–Trinajstić information content (AvgIpc) is 2.89. The molecule has 0 radical (unpaired) electrons. The summed E-state index contributed by atoms with van der Waals surface area (Å²) in [5.74, 6) is 1.20. The van der Waals surface area contributed by atoms with Crippen molar-refractivity contribution in [2.75, 3.05) is 0 Å². The summed E-state index contributed by atoms with van der Waals surface area (Å²) in [5, 5.41) is 10.4. The van der Waals surface area contributed by atoms with E-state index in [9.17, 15) is 5.11 Å². The van der Waals surface area contributed by atoms with E-state index in [1.54, 1.807) is 12.3 Å². The number of hydrogen-bond acceptors (Lipinski definition) is 2. The van der Waals surface area contributed by atoms with Crippen LogP contribution >= 0.6 is 0 Å². The Morgan fingerprint density at radius 3 is 2.78 bits per heavy atom. The molecule has 1 aliphatic carbocycles. The number of benzene rings is 1. The molecule has 0 unspecified atom stereocenters. The molecule has 3 aromatic rings. The van der Waals surface area contributed by atoms with Crippen molar-refractivity contribution in [3.05, 3.63) is 60.8 Å². The van der Waals surface area contributed by atoms with Gasteiger partial charge in [-0.3, -0.25) is 0 Å². The molecular weight excluding hydrogens is 286 g/mol. The standard InChI is InChI=1S/C19H17N3O/c1-21-16-11-7-13-20-18(16)22(14-8-3-2-4-9-14)19(21)15-10-5-6-12-17(15)23/h3,5-13H,2,4H2,1H3/p+1. The maximum absolute atomic E-state index is 10.4. The molecule has 2 heterocycles. The van der Waals surface area contributed by atoms with Crippen LogP contribution in [0.1, 0.15) is 12.8 Å². The van der Waals surface area contributed by atoms with Crippen molar-refractivity contribution in [3.8, 4) is 17.1 Å². The minimum Gasteiger partial charge on any atom is -0.507 e. The Labute approximate surface area is 134 Å². The Kier molecular flexibility index (Phi) is 3.23. The second-order valence-corrected chi connectivity index (χ2v) is 5.69. The summed E-state index contributed by atoms with van der Waals surface area (Å²) in [4.78, 5) is 4.58. The van der Waals surface area contributed by atoms with Crippen LogP contribution in [0.3, 0.4) is 0 Å². The molecule has 0 bridgehead atoms. The van der Waals surface area contributed by atoms with Crippen LogP contribution in [0, 0.1) is 0 Å². The number of hydrogen-bond donors (Lipinski definition) is 1. The lowest BCUT2D eigenvalue weighted by atomic mass is 10.1. The van der Waals surface area contributed by atoms with Crippen LogP contribution < -0.4 is 4.57 Å². The number of allylic oxidation sites excluding steroid dienone is 4. The lowest BCUT2D eigenvalue weighted by Gasteiger charge is -2.07. The summed E-state index contributed by atoms with van der Waals surface area (Å²) in [6.45, 7) is 0. The Hall–Kier alpha value is -2.88. The topological polar surface area (TPSA) is 41.9 Å². The molecule has 1 N–H and O–H groups in total. The lowest BCUT2D eigenvalue weighted by Crippen LogP contribution is -2.30. The average molecular weight is 304 g/mol. The summed E-state index contributed by atoms with van der Waals surface area (Å²) in [6.07, 6.45) is 10.4. The van der Waals surface area contributed by atoms with Crippen molar-refractivity contribution >= 4 is 16.9 Å². The zero-order chi connectivity index (χ0) is 15.8. The molecule has 23 heavy (non-hydrogen) atoms. The van der Waals surface area contributed by atoms with Crippen molar-refractivity contribution in [2.45, 2.75) is 12.8 Å². The second-order valence-electron chi connectivity index (χ2n) is 5.69. The van der Waals surface area contributed by atoms with Gasteiger partial charge in [0.15, 0.2) is 5.52 Å². The number of para-hydroxylation sites is 1. The summed E-state index contributed by atoms with van der Waals surface area (Å²) in [6, 6.07) is 11.4. The zero-order valence-corrected chi connectivity index (χ0v) is 13.0. The highest BCUT2D eigenvalue weighted by atomic mass is 16.3. The van der Waals surface area contributed by atoms with E-state index in [-0.39, 0.29) is 5.75 Å². The summed E-state index contributed by atoms with van der Waals surface area (Å²) < 4.78 is 4.21. The molecule has 0 saturated heterocycles. The number of phenolic OH excluding ortho intramolecular Hbond substituents is 1. The fourth-order valence-corrected chi connectivity index (χ4v) is 3.16. The quantitative estimate of drug-likeness (QED) is 0.737. The monoisotopic (exact) mass is 304 g/mol. The molecule has 0 fully saturated rings. The Bertz CT molecular complexity index is 950. The van der Waals surface area contributed by atoms with Gasteiger partial charge in [0.1, 0.15) is 17.0 Å².